The summed E-state index contributed by atoms with van der Waals surface area (Å²) in [6, 6.07) is 14.9. The second kappa shape index (κ2) is 7.27. The quantitative estimate of drug-likeness (QED) is 0.711. The Hall–Kier alpha value is -2.60. The summed E-state index contributed by atoms with van der Waals surface area (Å²) in [6.45, 7) is 0. The Morgan fingerprint density at radius 2 is 1.90 bits per heavy atom. The highest BCUT2D eigenvalue weighted by Gasteiger charge is 2.60. The van der Waals surface area contributed by atoms with Crippen molar-refractivity contribution in [2.24, 2.45) is 5.92 Å². The van der Waals surface area contributed by atoms with Crippen molar-refractivity contribution < 1.29 is 27.8 Å². The first-order valence-corrected chi connectivity index (χ1v) is 9.93. The first-order chi connectivity index (χ1) is 14.2. The van der Waals surface area contributed by atoms with Gasteiger partial charge in [-0.25, -0.2) is 4.79 Å². The van der Waals surface area contributed by atoms with Crippen LogP contribution in [-0.2, 0) is 16.6 Å². The molecule has 0 aromatic heterocycles. The topological polar surface area (TPSA) is 46.5 Å². The number of esters is 1. The van der Waals surface area contributed by atoms with Crippen LogP contribution in [0.2, 0.25) is 0 Å². The van der Waals surface area contributed by atoms with Crippen LogP contribution in [0, 0.1) is 5.92 Å². The summed E-state index contributed by atoms with van der Waals surface area (Å²) < 4.78 is 45.6. The van der Waals surface area contributed by atoms with E-state index in [1.807, 2.05) is 36.4 Å². The second-order valence-electron chi connectivity index (χ2n) is 8.31. The van der Waals surface area contributed by atoms with Crippen LogP contribution in [0.1, 0.15) is 46.3 Å². The zero-order chi connectivity index (χ0) is 21.6. The first-order valence-electron chi connectivity index (χ1n) is 9.93. The molecule has 6 heteroatoms. The summed E-state index contributed by atoms with van der Waals surface area (Å²) in [4.78, 5) is 11.9. The van der Waals surface area contributed by atoms with E-state index >= 15 is 0 Å². The molecular formula is C24H23F3O3. The van der Waals surface area contributed by atoms with Gasteiger partial charge in [-0.3, -0.25) is 0 Å². The van der Waals surface area contributed by atoms with Gasteiger partial charge in [-0.2, -0.15) is 13.2 Å². The fourth-order valence-corrected chi connectivity index (χ4v) is 5.01. The molecule has 0 radical (unpaired) electrons. The molecule has 0 aliphatic heterocycles. The molecule has 2 aliphatic rings. The summed E-state index contributed by atoms with van der Waals surface area (Å²) in [7, 11) is 1.31. The molecule has 0 heterocycles. The Bertz CT molecular complexity index is 983. The van der Waals surface area contributed by atoms with Gasteiger partial charge in [0.2, 0.25) is 0 Å². The summed E-state index contributed by atoms with van der Waals surface area (Å²) in [5, 5.41) is 10.4. The highest BCUT2D eigenvalue weighted by atomic mass is 19.4. The minimum atomic E-state index is -4.67. The molecule has 2 aromatic carbocycles. The summed E-state index contributed by atoms with van der Waals surface area (Å²) in [6.07, 6.45) is -1.13. The van der Waals surface area contributed by atoms with Crippen LogP contribution < -0.4 is 0 Å². The Labute approximate surface area is 173 Å². The first kappa shape index (κ1) is 20.7. The SMILES string of the molecule is COC(=O)c1ccc2c(c1)C=C[C@@H]1C[C@@](O)(C(F)(F)F)CCC21Cc1ccccc1. The maximum atomic E-state index is 13.6. The van der Waals surface area contributed by atoms with Crippen LogP contribution in [0.25, 0.3) is 6.08 Å². The van der Waals surface area contributed by atoms with Gasteiger partial charge in [-0.1, -0.05) is 48.6 Å². The van der Waals surface area contributed by atoms with E-state index in [9.17, 15) is 23.1 Å². The molecule has 3 atom stereocenters. The molecule has 0 amide bonds. The minimum absolute atomic E-state index is 0.192. The van der Waals surface area contributed by atoms with Gasteiger partial charge in [0.15, 0.2) is 5.60 Å². The van der Waals surface area contributed by atoms with Gasteiger partial charge >= 0.3 is 12.1 Å². The smallest absolute Gasteiger partial charge is 0.417 e. The Kier molecular flexibility index (Phi) is 5.01. The number of aliphatic hydroxyl groups is 1. The maximum absolute atomic E-state index is 13.6. The molecule has 3 nitrogen and oxygen atoms in total. The normalized spacial score (nSPS) is 27.8. The summed E-state index contributed by atoms with van der Waals surface area (Å²) >= 11 is 0. The van der Waals surface area contributed by atoms with E-state index in [1.165, 1.54) is 7.11 Å². The van der Waals surface area contributed by atoms with Crippen LogP contribution in [0.15, 0.2) is 54.6 Å². The lowest BCUT2D eigenvalue weighted by atomic mass is 9.54. The number of benzene rings is 2. The molecule has 30 heavy (non-hydrogen) atoms. The van der Waals surface area contributed by atoms with Crippen LogP contribution in [-0.4, -0.2) is 30.0 Å². The number of ether oxygens (including phenoxy) is 1. The predicted molar refractivity (Wildman–Crippen MR) is 107 cm³/mol. The molecule has 158 valence electrons. The lowest BCUT2D eigenvalue weighted by Gasteiger charge is -2.51. The van der Waals surface area contributed by atoms with Crippen LogP contribution in [0.3, 0.4) is 0 Å². The summed E-state index contributed by atoms with van der Waals surface area (Å²) in [5.74, 6) is -0.935. The molecular weight excluding hydrogens is 393 g/mol. The van der Waals surface area contributed by atoms with Gasteiger partial charge in [-0.15, -0.1) is 0 Å². The van der Waals surface area contributed by atoms with Crippen molar-refractivity contribution in [1.29, 1.82) is 0 Å². The zero-order valence-electron chi connectivity index (χ0n) is 16.6. The average Bonchev–Trinajstić information content (AvgIpc) is 2.73. The molecule has 4 rings (SSSR count). The van der Waals surface area contributed by atoms with Crippen molar-refractivity contribution in [2.75, 3.05) is 7.11 Å². The zero-order valence-corrected chi connectivity index (χ0v) is 16.6. The van der Waals surface area contributed by atoms with E-state index in [0.29, 0.717) is 12.0 Å². The van der Waals surface area contributed by atoms with Gasteiger partial charge in [0, 0.05) is 5.41 Å². The molecule has 0 bridgehead atoms. The van der Waals surface area contributed by atoms with Crippen LogP contribution >= 0.6 is 0 Å². The molecule has 2 aromatic rings. The number of allylic oxidation sites excluding steroid dienone is 1. The molecule has 1 saturated carbocycles. The van der Waals surface area contributed by atoms with Crippen molar-refractivity contribution in [1.82, 2.24) is 0 Å². The second-order valence-corrected chi connectivity index (χ2v) is 8.31. The van der Waals surface area contributed by atoms with Crippen molar-refractivity contribution in [3.63, 3.8) is 0 Å². The van der Waals surface area contributed by atoms with E-state index < -0.39 is 29.1 Å². The Morgan fingerprint density at radius 3 is 2.57 bits per heavy atom. The number of carbonyl (C=O) groups is 1. The lowest BCUT2D eigenvalue weighted by molar-refractivity contribution is -0.277. The van der Waals surface area contributed by atoms with Crippen molar-refractivity contribution in [3.05, 3.63) is 76.9 Å². The predicted octanol–water partition coefficient (Wildman–Crippen LogP) is 5.07. The lowest BCUT2D eigenvalue weighted by Crippen LogP contribution is -2.55. The fourth-order valence-electron chi connectivity index (χ4n) is 5.01. The van der Waals surface area contributed by atoms with Gasteiger partial charge in [0.25, 0.3) is 0 Å². The number of halogens is 3. The Balaban J connectivity index is 1.81. The van der Waals surface area contributed by atoms with Crippen LogP contribution in [0.4, 0.5) is 13.2 Å². The number of alkyl halides is 3. The van der Waals surface area contributed by atoms with E-state index in [1.54, 1.807) is 24.3 Å². The molecule has 2 aliphatic carbocycles. The summed E-state index contributed by atoms with van der Waals surface area (Å²) in [5.41, 5.74) is -0.128. The fraction of sp³-hybridized carbons (Fsp3) is 0.375. The standard InChI is InChI=1S/C24H23F3O3/c1-30-21(28)18-8-10-20-17(13-18)7-9-19-15-23(29,24(25,26)27)12-11-22(19,20)14-16-5-3-2-4-6-16/h2-10,13,19,29H,11-12,14-15H2,1H3/t19-,22?,23-/m1/s1. The average molecular weight is 416 g/mol. The molecule has 1 N–H and O–H groups in total. The van der Waals surface area contributed by atoms with Gasteiger partial charge in [-0.05, 0) is 60.4 Å². The number of rotatable bonds is 3. The maximum Gasteiger partial charge on any atom is 0.417 e. The number of hydrogen-bond donors (Lipinski definition) is 1. The van der Waals surface area contributed by atoms with E-state index in [0.717, 1.165) is 16.7 Å². The van der Waals surface area contributed by atoms with Gasteiger partial charge < -0.3 is 9.84 Å². The third-order valence-electron chi connectivity index (χ3n) is 6.66. The molecule has 1 unspecified atom stereocenters. The number of methoxy groups -OCH3 is 1. The van der Waals surface area contributed by atoms with Crippen molar-refractivity contribution >= 4 is 12.0 Å². The Morgan fingerprint density at radius 1 is 1.17 bits per heavy atom. The highest BCUT2D eigenvalue weighted by Crippen LogP contribution is 2.56. The number of hydrogen-bond acceptors (Lipinski definition) is 3. The van der Waals surface area contributed by atoms with Crippen LogP contribution in [0.5, 0.6) is 0 Å². The van der Waals surface area contributed by atoms with Gasteiger partial charge in [0.1, 0.15) is 0 Å². The minimum Gasteiger partial charge on any atom is -0.465 e. The third kappa shape index (κ3) is 3.33. The number of carbonyl (C=O) groups excluding carboxylic acids is 1. The van der Waals surface area contributed by atoms with Crippen molar-refractivity contribution in [2.45, 2.75) is 42.9 Å². The van der Waals surface area contributed by atoms with E-state index in [2.05, 4.69) is 0 Å². The molecule has 0 saturated heterocycles. The van der Waals surface area contributed by atoms with E-state index in [4.69, 9.17) is 4.74 Å². The molecule has 0 spiro atoms. The third-order valence-corrected chi connectivity index (χ3v) is 6.66. The monoisotopic (exact) mass is 416 g/mol. The van der Waals surface area contributed by atoms with Gasteiger partial charge in [0.05, 0.1) is 12.7 Å². The van der Waals surface area contributed by atoms with E-state index in [-0.39, 0.29) is 19.3 Å². The highest BCUT2D eigenvalue weighted by molar-refractivity contribution is 5.90. The molecule has 1 fully saturated rings. The number of fused-ring (bicyclic) bond motifs is 3. The van der Waals surface area contributed by atoms with Crippen molar-refractivity contribution in [3.8, 4) is 0 Å². The largest absolute Gasteiger partial charge is 0.465 e.